The van der Waals surface area contributed by atoms with Crippen LogP contribution in [0.1, 0.15) is 104 Å². The Morgan fingerprint density at radius 2 is 1.63 bits per heavy atom. The van der Waals surface area contributed by atoms with E-state index >= 15 is 0 Å². The number of esters is 1. The third-order valence-corrected chi connectivity index (χ3v) is 8.24. The van der Waals surface area contributed by atoms with Crippen LogP contribution in [0.25, 0.3) is 0 Å². The van der Waals surface area contributed by atoms with E-state index in [1.54, 1.807) is 13.8 Å². The number of carbonyl (C=O) groups excluding carboxylic acids is 2. The van der Waals surface area contributed by atoms with Gasteiger partial charge in [0.2, 0.25) is 0 Å². The molecule has 8 nitrogen and oxygen atoms in total. The van der Waals surface area contributed by atoms with Crippen LogP contribution in [0.15, 0.2) is 0 Å². The largest absolute Gasteiger partial charge is 0.481 e. The van der Waals surface area contributed by atoms with Crippen LogP contribution in [0.5, 0.6) is 0 Å². The first kappa shape index (κ1) is 28.5. The summed E-state index contributed by atoms with van der Waals surface area (Å²) in [5.74, 6) is -3.42. The normalized spacial score (nSPS) is 32.1. The Hall–Kier alpha value is -1.03. The summed E-state index contributed by atoms with van der Waals surface area (Å²) >= 11 is 3.58. The van der Waals surface area contributed by atoms with Gasteiger partial charge in [-0.05, 0) is 33.1 Å². The summed E-state index contributed by atoms with van der Waals surface area (Å²) in [5, 5.41) is 9.99. The number of alkyl halides is 1. The van der Waals surface area contributed by atoms with Crippen molar-refractivity contribution in [1.29, 1.82) is 0 Å². The zero-order valence-electron chi connectivity index (χ0n) is 21.3. The second-order valence-electron chi connectivity index (χ2n) is 10.6. The van der Waals surface area contributed by atoms with Gasteiger partial charge in [0.25, 0.3) is 0 Å². The summed E-state index contributed by atoms with van der Waals surface area (Å²) < 4.78 is 23.0. The lowest BCUT2D eigenvalue weighted by Crippen LogP contribution is -2.48. The number of halogens is 1. The molecule has 0 radical (unpaired) electrons. The predicted molar refractivity (Wildman–Crippen MR) is 132 cm³/mol. The Bertz CT molecular complexity index is 738. The number of unbranched alkanes of at least 4 members (excludes halogenated alkanes) is 7. The molecule has 0 aromatic rings. The first-order chi connectivity index (χ1) is 16.6. The van der Waals surface area contributed by atoms with Gasteiger partial charge in [-0.25, -0.2) is 4.79 Å². The van der Waals surface area contributed by atoms with Gasteiger partial charge < -0.3 is 24.1 Å². The number of ketones is 1. The first-order valence-corrected chi connectivity index (χ1v) is 14.1. The van der Waals surface area contributed by atoms with Crippen LogP contribution in [0.3, 0.4) is 0 Å². The van der Waals surface area contributed by atoms with Crippen molar-refractivity contribution < 1.29 is 38.4 Å². The molecule has 3 fully saturated rings. The highest BCUT2D eigenvalue weighted by molar-refractivity contribution is 9.09. The third-order valence-electron chi connectivity index (χ3n) is 7.26. The van der Waals surface area contributed by atoms with Crippen LogP contribution >= 0.6 is 15.9 Å². The number of rotatable bonds is 15. The highest BCUT2D eigenvalue weighted by Gasteiger charge is 2.70. The minimum atomic E-state index is -1.59. The van der Waals surface area contributed by atoms with Crippen LogP contribution in [0, 0.1) is 5.92 Å². The van der Waals surface area contributed by atoms with Gasteiger partial charge in [0.15, 0.2) is 17.7 Å². The lowest BCUT2D eigenvalue weighted by Gasteiger charge is -2.29. The molecule has 1 N–H and O–H groups in total. The molecule has 200 valence electrons. The van der Waals surface area contributed by atoms with Crippen molar-refractivity contribution in [2.75, 3.05) is 0 Å². The number of cyclic esters (lactones) is 1. The van der Waals surface area contributed by atoms with Crippen molar-refractivity contribution in [2.24, 2.45) is 5.92 Å². The molecule has 1 unspecified atom stereocenters. The molecule has 0 aliphatic carbocycles. The van der Waals surface area contributed by atoms with E-state index in [9.17, 15) is 19.5 Å². The number of aliphatic carboxylic acids is 1. The summed E-state index contributed by atoms with van der Waals surface area (Å²) in [7, 11) is 0. The van der Waals surface area contributed by atoms with E-state index in [0.29, 0.717) is 25.0 Å². The number of hydrogen-bond donors (Lipinski definition) is 1. The lowest BCUT2D eigenvalue weighted by atomic mass is 9.81. The smallest absolute Gasteiger partial charge is 0.340 e. The molecule has 0 bridgehead atoms. The van der Waals surface area contributed by atoms with E-state index in [1.165, 1.54) is 19.3 Å². The van der Waals surface area contributed by atoms with E-state index in [0.717, 1.165) is 38.5 Å². The lowest BCUT2D eigenvalue weighted by molar-refractivity contribution is -0.230. The van der Waals surface area contributed by atoms with E-state index < -0.39 is 47.7 Å². The SMILES string of the molecule is CCCCCCCC(=O)CCCCCCC(Br)[C@H]1OC(=O)[C@]2(C[C@H]3OC(C)(C)O[C@H]3O2)[C@H]1C(=O)O. The summed E-state index contributed by atoms with van der Waals surface area (Å²) in [6.07, 6.45) is 9.38. The van der Waals surface area contributed by atoms with Gasteiger partial charge in [0, 0.05) is 19.3 Å². The van der Waals surface area contributed by atoms with Gasteiger partial charge in [-0.1, -0.05) is 67.8 Å². The van der Waals surface area contributed by atoms with E-state index in [-0.39, 0.29) is 11.2 Å². The van der Waals surface area contributed by atoms with Crippen molar-refractivity contribution in [3.05, 3.63) is 0 Å². The molecule has 3 rings (SSSR count). The number of Topliss-reactive ketones (excluding diaryl/α,β-unsaturated/α-hetero) is 1. The molecule has 0 saturated carbocycles. The van der Waals surface area contributed by atoms with Gasteiger partial charge in [-0.3, -0.25) is 9.59 Å². The average Bonchev–Trinajstić information content (AvgIpc) is 3.36. The molecule has 1 spiro atoms. The third kappa shape index (κ3) is 7.05. The summed E-state index contributed by atoms with van der Waals surface area (Å²) in [6, 6.07) is 0. The quantitative estimate of drug-likeness (QED) is 0.163. The van der Waals surface area contributed by atoms with Crippen molar-refractivity contribution in [1.82, 2.24) is 0 Å². The van der Waals surface area contributed by atoms with Crippen LogP contribution in [0.2, 0.25) is 0 Å². The molecule has 3 aliphatic rings. The fourth-order valence-corrected chi connectivity index (χ4v) is 6.20. The number of carboxylic acids is 1. The molecular formula is C26H41BrO8. The van der Waals surface area contributed by atoms with Crippen LogP contribution in [0.4, 0.5) is 0 Å². The molecule has 3 saturated heterocycles. The maximum absolute atomic E-state index is 12.9. The van der Waals surface area contributed by atoms with Crippen LogP contribution in [-0.4, -0.2) is 57.5 Å². The minimum absolute atomic E-state index is 0.0970. The molecule has 0 amide bonds. The molecule has 3 aliphatic heterocycles. The maximum Gasteiger partial charge on any atom is 0.340 e. The van der Waals surface area contributed by atoms with Crippen LogP contribution < -0.4 is 0 Å². The van der Waals surface area contributed by atoms with Gasteiger partial charge in [-0.2, -0.15) is 0 Å². The average molecular weight is 562 g/mol. The van der Waals surface area contributed by atoms with Crippen molar-refractivity contribution in [3.8, 4) is 0 Å². The fourth-order valence-electron chi connectivity index (χ4n) is 5.46. The van der Waals surface area contributed by atoms with E-state index in [4.69, 9.17) is 18.9 Å². The Morgan fingerprint density at radius 1 is 1.00 bits per heavy atom. The Balaban J connectivity index is 1.40. The van der Waals surface area contributed by atoms with Gasteiger partial charge >= 0.3 is 11.9 Å². The Labute approximate surface area is 216 Å². The Kier molecular flexibility index (Phi) is 10.2. The summed E-state index contributed by atoms with van der Waals surface area (Å²) in [5.41, 5.74) is -1.59. The number of fused-ring (bicyclic) bond motifs is 1. The van der Waals surface area contributed by atoms with Gasteiger partial charge in [-0.15, -0.1) is 0 Å². The minimum Gasteiger partial charge on any atom is -0.481 e. The molecule has 3 heterocycles. The predicted octanol–water partition coefficient (Wildman–Crippen LogP) is 5.28. The zero-order chi connectivity index (χ0) is 25.6. The van der Waals surface area contributed by atoms with E-state index in [1.807, 2.05) is 0 Å². The number of carboxylic acid groups (broad SMARTS) is 1. The topological polar surface area (TPSA) is 108 Å². The standard InChI is InChI=1S/C26H41BrO8/c1-4-5-6-7-10-13-17(28)14-11-8-9-12-15-18(27)21-20(22(29)30)26(24(31)32-21)16-19-23(35-26)34-25(2,3)33-19/h18-21,23H,4-16H2,1-3H3,(H,29,30)/t18?,19-,20-,21-,23+,26+/m1/s1. The van der Waals surface area contributed by atoms with Crippen molar-refractivity contribution in [3.63, 3.8) is 0 Å². The number of ether oxygens (including phenoxy) is 4. The van der Waals surface area contributed by atoms with E-state index in [2.05, 4.69) is 22.9 Å². The second-order valence-corrected chi connectivity index (χ2v) is 11.8. The van der Waals surface area contributed by atoms with Gasteiger partial charge in [0.1, 0.15) is 23.9 Å². The molecule has 6 atom stereocenters. The molecular weight excluding hydrogens is 520 g/mol. The van der Waals surface area contributed by atoms with Gasteiger partial charge in [0.05, 0.1) is 4.83 Å². The highest BCUT2D eigenvalue weighted by atomic mass is 79.9. The fraction of sp³-hybridized carbons (Fsp3) is 0.885. The van der Waals surface area contributed by atoms with Crippen molar-refractivity contribution in [2.45, 2.75) is 139 Å². The Morgan fingerprint density at radius 3 is 2.23 bits per heavy atom. The first-order valence-electron chi connectivity index (χ1n) is 13.2. The summed E-state index contributed by atoms with van der Waals surface area (Å²) in [4.78, 5) is 36.8. The van der Waals surface area contributed by atoms with Crippen LogP contribution in [-0.2, 0) is 33.3 Å². The summed E-state index contributed by atoms with van der Waals surface area (Å²) in [6.45, 7) is 5.69. The van der Waals surface area contributed by atoms with Crippen molar-refractivity contribution >= 4 is 33.7 Å². The monoisotopic (exact) mass is 560 g/mol. The molecule has 35 heavy (non-hydrogen) atoms. The number of hydrogen-bond acceptors (Lipinski definition) is 7. The zero-order valence-corrected chi connectivity index (χ0v) is 22.8. The molecule has 0 aromatic heterocycles. The second kappa shape index (κ2) is 12.5. The molecule has 0 aromatic carbocycles. The molecule has 9 heteroatoms. The highest BCUT2D eigenvalue weighted by Crippen LogP contribution is 2.51. The maximum atomic E-state index is 12.9. The number of carbonyl (C=O) groups is 3.